The Labute approximate surface area is 145 Å². The maximum Gasteiger partial charge on any atom is 0.251 e. The summed E-state index contributed by atoms with van der Waals surface area (Å²) in [6.45, 7) is 7.60. The second kappa shape index (κ2) is 8.60. The van der Waals surface area contributed by atoms with Gasteiger partial charge >= 0.3 is 0 Å². The highest BCUT2D eigenvalue weighted by Gasteiger charge is 2.10. The molecule has 0 saturated carbocycles. The van der Waals surface area contributed by atoms with Gasteiger partial charge in [0, 0.05) is 23.7 Å². The van der Waals surface area contributed by atoms with Crippen molar-refractivity contribution in [2.75, 3.05) is 6.54 Å². The molecule has 2 nitrogen and oxygen atoms in total. The summed E-state index contributed by atoms with van der Waals surface area (Å²) in [4.78, 5) is 12.3. The third-order valence-corrected chi connectivity index (χ3v) is 3.40. The Morgan fingerprint density at radius 3 is 2.56 bits per heavy atom. The SMILES string of the molecule is C=CCNC(=O)c1cc(C#Cc2ccc(F)cc2F)ccc1CC=C. The first-order chi connectivity index (χ1) is 12.0. The first-order valence-electron chi connectivity index (χ1n) is 7.65. The number of carbonyl (C=O) groups is 1. The highest BCUT2D eigenvalue weighted by atomic mass is 19.1. The monoisotopic (exact) mass is 337 g/mol. The summed E-state index contributed by atoms with van der Waals surface area (Å²) in [5.41, 5.74) is 1.94. The molecule has 0 heterocycles. The zero-order chi connectivity index (χ0) is 18.2. The van der Waals surface area contributed by atoms with Crippen molar-refractivity contribution < 1.29 is 13.6 Å². The zero-order valence-corrected chi connectivity index (χ0v) is 13.6. The van der Waals surface area contributed by atoms with Gasteiger partial charge in [0.05, 0.1) is 5.56 Å². The Hall–Kier alpha value is -3.19. The number of hydrogen-bond donors (Lipinski definition) is 1. The highest BCUT2D eigenvalue weighted by Crippen LogP contribution is 2.14. The molecule has 25 heavy (non-hydrogen) atoms. The van der Waals surface area contributed by atoms with Crippen LogP contribution in [0.2, 0.25) is 0 Å². The molecule has 4 heteroatoms. The summed E-state index contributed by atoms with van der Waals surface area (Å²) in [6, 6.07) is 8.39. The van der Waals surface area contributed by atoms with Gasteiger partial charge in [-0.25, -0.2) is 8.78 Å². The minimum atomic E-state index is -0.722. The number of nitrogens with one attached hydrogen (secondary N) is 1. The van der Waals surface area contributed by atoms with Crippen molar-refractivity contribution in [2.45, 2.75) is 6.42 Å². The van der Waals surface area contributed by atoms with Crippen LogP contribution < -0.4 is 5.32 Å². The van der Waals surface area contributed by atoms with Gasteiger partial charge in [-0.1, -0.05) is 30.1 Å². The van der Waals surface area contributed by atoms with E-state index in [1.54, 1.807) is 30.4 Å². The maximum absolute atomic E-state index is 13.6. The normalized spacial score (nSPS) is 9.68. The van der Waals surface area contributed by atoms with E-state index in [9.17, 15) is 13.6 Å². The van der Waals surface area contributed by atoms with Gasteiger partial charge in [0.15, 0.2) is 0 Å². The molecule has 0 spiro atoms. The molecule has 0 aliphatic rings. The van der Waals surface area contributed by atoms with Crippen molar-refractivity contribution in [3.8, 4) is 11.8 Å². The molecule has 0 aliphatic carbocycles. The number of rotatable bonds is 5. The third kappa shape index (κ3) is 4.89. The Balaban J connectivity index is 2.36. The van der Waals surface area contributed by atoms with E-state index in [0.717, 1.165) is 17.7 Å². The zero-order valence-electron chi connectivity index (χ0n) is 13.6. The second-order valence-corrected chi connectivity index (χ2v) is 5.24. The lowest BCUT2D eigenvalue weighted by Gasteiger charge is -2.08. The van der Waals surface area contributed by atoms with Gasteiger partial charge in [0.1, 0.15) is 11.6 Å². The largest absolute Gasteiger partial charge is 0.349 e. The summed E-state index contributed by atoms with van der Waals surface area (Å²) in [6.07, 6.45) is 3.84. The number of halogens is 2. The van der Waals surface area contributed by atoms with E-state index in [1.807, 2.05) is 0 Å². The predicted octanol–water partition coefficient (Wildman–Crippen LogP) is 4.01. The minimum absolute atomic E-state index is 0.0919. The second-order valence-electron chi connectivity index (χ2n) is 5.24. The number of allylic oxidation sites excluding steroid dienone is 1. The molecular weight excluding hydrogens is 320 g/mol. The van der Waals surface area contributed by atoms with Crippen LogP contribution in [0, 0.1) is 23.5 Å². The fourth-order valence-corrected chi connectivity index (χ4v) is 2.19. The van der Waals surface area contributed by atoms with Gasteiger partial charge < -0.3 is 5.32 Å². The molecule has 0 radical (unpaired) electrons. The Morgan fingerprint density at radius 1 is 1.08 bits per heavy atom. The number of benzene rings is 2. The van der Waals surface area contributed by atoms with E-state index in [0.29, 0.717) is 24.1 Å². The van der Waals surface area contributed by atoms with E-state index < -0.39 is 11.6 Å². The fourth-order valence-electron chi connectivity index (χ4n) is 2.19. The quantitative estimate of drug-likeness (QED) is 0.648. The van der Waals surface area contributed by atoms with Crippen molar-refractivity contribution in [1.82, 2.24) is 5.32 Å². The lowest BCUT2D eigenvalue weighted by atomic mass is 10.0. The third-order valence-electron chi connectivity index (χ3n) is 3.40. The van der Waals surface area contributed by atoms with E-state index in [-0.39, 0.29) is 11.5 Å². The van der Waals surface area contributed by atoms with Gasteiger partial charge in [-0.05, 0) is 36.2 Å². The summed E-state index contributed by atoms with van der Waals surface area (Å²) in [5.74, 6) is 3.84. The minimum Gasteiger partial charge on any atom is -0.349 e. The first-order valence-corrected chi connectivity index (χ1v) is 7.65. The maximum atomic E-state index is 13.6. The molecule has 0 unspecified atom stereocenters. The van der Waals surface area contributed by atoms with E-state index in [2.05, 4.69) is 30.3 Å². The van der Waals surface area contributed by atoms with Gasteiger partial charge in [0.25, 0.3) is 5.91 Å². The molecule has 2 aromatic carbocycles. The molecule has 1 amide bonds. The smallest absolute Gasteiger partial charge is 0.251 e. The fraction of sp³-hybridized carbons (Fsp3) is 0.0952. The van der Waals surface area contributed by atoms with Gasteiger partial charge in [-0.2, -0.15) is 0 Å². The Kier molecular flexibility index (Phi) is 6.25. The van der Waals surface area contributed by atoms with Crippen LogP contribution in [0.3, 0.4) is 0 Å². The van der Waals surface area contributed by atoms with Gasteiger partial charge in [-0.15, -0.1) is 13.2 Å². The molecule has 2 aromatic rings. The van der Waals surface area contributed by atoms with Crippen molar-refractivity contribution >= 4 is 5.91 Å². The molecule has 0 atom stereocenters. The summed E-state index contributed by atoms with van der Waals surface area (Å²) in [5, 5.41) is 2.72. The van der Waals surface area contributed by atoms with Crippen LogP contribution in [0.15, 0.2) is 61.7 Å². The summed E-state index contributed by atoms with van der Waals surface area (Å²) >= 11 is 0. The predicted molar refractivity (Wildman–Crippen MR) is 95.2 cm³/mol. The number of hydrogen-bond acceptors (Lipinski definition) is 1. The number of amides is 1. The summed E-state index contributed by atoms with van der Waals surface area (Å²) < 4.78 is 26.6. The molecular formula is C21H17F2NO. The van der Waals surface area contributed by atoms with Crippen LogP contribution >= 0.6 is 0 Å². The lowest BCUT2D eigenvalue weighted by Crippen LogP contribution is -2.24. The molecule has 0 saturated heterocycles. The topological polar surface area (TPSA) is 29.1 Å². The van der Waals surface area contributed by atoms with Crippen LogP contribution in [0.25, 0.3) is 0 Å². The van der Waals surface area contributed by atoms with Gasteiger partial charge in [0.2, 0.25) is 0 Å². The Morgan fingerprint density at radius 2 is 1.88 bits per heavy atom. The average molecular weight is 337 g/mol. The van der Waals surface area contributed by atoms with E-state index in [4.69, 9.17) is 0 Å². The van der Waals surface area contributed by atoms with Crippen molar-refractivity contribution in [1.29, 1.82) is 0 Å². The van der Waals surface area contributed by atoms with Crippen LogP contribution in [-0.4, -0.2) is 12.5 Å². The van der Waals surface area contributed by atoms with Crippen LogP contribution in [-0.2, 0) is 6.42 Å². The van der Waals surface area contributed by atoms with Crippen LogP contribution in [0.5, 0.6) is 0 Å². The molecule has 1 N–H and O–H groups in total. The highest BCUT2D eigenvalue weighted by molar-refractivity contribution is 5.96. The first kappa shape index (κ1) is 18.2. The molecule has 0 fully saturated rings. The van der Waals surface area contributed by atoms with Crippen molar-refractivity contribution in [2.24, 2.45) is 0 Å². The lowest BCUT2D eigenvalue weighted by molar-refractivity contribution is 0.0957. The van der Waals surface area contributed by atoms with E-state index >= 15 is 0 Å². The van der Waals surface area contributed by atoms with Gasteiger partial charge in [-0.3, -0.25) is 4.79 Å². The van der Waals surface area contributed by atoms with Crippen LogP contribution in [0.4, 0.5) is 8.78 Å². The van der Waals surface area contributed by atoms with Crippen molar-refractivity contribution in [3.05, 3.63) is 95.6 Å². The van der Waals surface area contributed by atoms with E-state index in [1.165, 1.54) is 6.07 Å². The molecule has 2 rings (SSSR count). The van der Waals surface area contributed by atoms with Crippen molar-refractivity contribution in [3.63, 3.8) is 0 Å². The number of carbonyl (C=O) groups excluding carboxylic acids is 1. The standard InChI is InChI=1S/C21H17F2NO/c1-3-5-16-8-6-15(13-19(16)21(25)24-12-4-2)7-9-17-10-11-18(22)14-20(17)23/h3-4,6,8,10-11,13-14H,1-2,5,12H2,(H,24,25). The summed E-state index contributed by atoms with van der Waals surface area (Å²) in [7, 11) is 0. The average Bonchev–Trinajstić information content (AvgIpc) is 2.60. The molecule has 126 valence electrons. The molecule has 0 aliphatic heterocycles. The molecule has 0 aromatic heterocycles. The van der Waals surface area contributed by atoms with Crippen LogP contribution in [0.1, 0.15) is 27.0 Å². The Bertz CT molecular complexity index is 875. The molecule has 0 bridgehead atoms.